The first-order valence-electron chi connectivity index (χ1n) is 4.13. The van der Waals surface area contributed by atoms with Crippen molar-refractivity contribution in [3.8, 4) is 0 Å². The van der Waals surface area contributed by atoms with Crippen molar-refractivity contribution in [1.29, 1.82) is 0 Å². The molecule has 0 unspecified atom stereocenters. The van der Waals surface area contributed by atoms with Crippen LogP contribution in [0.3, 0.4) is 0 Å². The second-order valence-electron chi connectivity index (χ2n) is 2.96. The molecule has 1 atom stereocenters. The Morgan fingerprint density at radius 2 is 2.29 bits per heavy atom. The van der Waals surface area contributed by atoms with E-state index < -0.39 is 0 Å². The second kappa shape index (κ2) is 3.82. The standard InChI is InChI=1S/C8H7BrClN3O/c9-5-3-4-13(8(5)14)7-2-1-6(10)11-12-7/h1-2,5H,3-4H2/t5-/m0/s1. The van der Waals surface area contributed by atoms with Crippen LogP contribution in [-0.2, 0) is 4.79 Å². The van der Waals surface area contributed by atoms with Crippen LogP contribution in [0.4, 0.5) is 5.82 Å². The molecule has 0 radical (unpaired) electrons. The highest BCUT2D eigenvalue weighted by molar-refractivity contribution is 9.10. The van der Waals surface area contributed by atoms with E-state index in [-0.39, 0.29) is 10.7 Å². The molecule has 1 amide bonds. The van der Waals surface area contributed by atoms with Gasteiger partial charge in [0.2, 0.25) is 5.91 Å². The van der Waals surface area contributed by atoms with Crippen LogP contribution in [0.15, 0.2) is 12.1 Å². The van der Waals surface area contributed by atoms with Gasteiger partial charge >= 0.3 is 0 Å². The molecule has 0 N–H and O–H groups in total. The molecule has 6 heteroatoms. The van der Waals surface area contributed by atoms with Crippen molar-refractivity contribution in [3.05, 3.63) is 17.3 Å². The number of nitrogens with zero attached hydrogens (tertiary/aromatic N) is 3. The van der Waals surface area contributed by atoms with Crippen molar-refractivity contribution in [2.45, 2.75) is 11.2 Å². The molecule has 1 aromatic heterocycles. The van der Waals surface area contributed by atoms with E-state index in [1.54, 1.807) is 17.0 Å². The smallest absolute Gasteiger partial charge is 0.242 e. The monoisotopic (exact) mass is 275 g/mol. The summed E-state index contributed by atoms with van der Waals surface area (Å²) in [5.41, 5.74) is 0. The number of halogens is 2. The lowest BCUT2D eigenvalue weighted by atomic mass is 10.4. The van der Waals surface area contributed by atoms with Gasteiger partial charge in [0.05, 0.1) is 4.83 Å². The molecule has 1 saturated heterocycles. The van der Waals surface area contributed by atoms with E-state index in [0.717, 1.165) is 6.42 Å². The number of hydrogen-bond acceptors (Lipinski definition) is 3. The lowest BCUT2D eigenvalue weighted by Gasteiger charge is -2.13. The number of carbonyl (C=O) groups is 1. The van der Waals surface area contributed by atoms with Gasteiger partial charge in [-0.1, -0.05) is 27.5 Å². The molecule has 74 valence electrons. The molecular weight excluding hydrogens is 269 g/mol. The normalized spacial score (nSPS) is 21.7. The molecule has 0 aliphatic carbocycles. The Bertz CT molecular complexity index is 356. The molecule has 1 fully saturated rings. The van der Waals surface area contributed by atoms with Crippen molar-refractivity contribution in [1.82, 2.24) is 10.2 Å². The van der Waals surface area contributed by atoms with Gasteiger partial charge in [-0.3, -0.25) is 9.69 Å². The maximum absolute atomic E-state index is 11.6. The number of anilines is 1. The second-order valence-corrected chi connectivity index (χ2v) is 4.45. The van der Waals surface area contributed by atoms with Gasteiger partial charge in [-0.25, -0.2) is 0 Å². The highest BCUT2D eigenvalue weighted by Gasteiger charge is 2.31. The van der Waals surface area contributed by atoms with Crippen molar-refractivity contribution in [2.75, 3.05) is 11.4 Å². The Morgan fingerprint density at radius 3 is 2.79 bits per heavy atom. The average Bonchev–Trinajstić information content (AvgIpc) is 2.50. The van der Waals surface area contributed by atoms with Crippen LogP contribution in [0, 0.1) is 0 Å². The van der Waals surface area contributed by atoms with Crippen LogP contribution in [-0.4, -0.2) is 27.5 Å². The van der Waals surface area contributed by atoms with Crippen LogP contribution < -0.4 is 4.90 Å². The van der Waals surface area contributed by atoms with Gasteiger partial charge in [0.15, 0.2) is 11.0 Å². The van der Waals surface area contributed by atoms with Crippen LogP contribution in [0.25, 0.3) is 0 Å². The summed E-state index contributed by atoms with van der Waals surface area (Å²) in [6.45, 7) is 0.672. The topological polar surface area (TPSA) is 46.1 Å². The molecule has 2 rings (SSSR count). The summed E-state index contributed by atoms with van der Waals surface area (Å²) >= 11 is 8.89. The van der Waals surface area contributed by atoms with Gasteiger partial charge in [-0.2, -0.15) is 0 Å². The summed E-state index contributed by atoms with van der Waals surface area (Å²) in [7, 11) is 0. The van der Waals surface area contributed by atoms with E-state index in [1.165, 1.54) is 0 Å². The van der Waals surface area contributed by atoms with Gasteiger partial charge < -0.3 is 0 Å². The van der Waals surface area contributed by atoms with Gasteiger partial charge in [0.1, 0.15) is 0 Å². The summed E-state index contributed by atoms with van der Waals surface area (Å²) < 4.78 is 0. The molecule has 1 aromatic rings. The Balaban J connectivity index is 2.24. The van der Waals surface area contributed by atoms with E-state index in [1.807, 2.05) is 0 Å². The number of aromatic nitrogens is 2. The minimum atomic E-state index is -0.0972. The third-order valence-corrected chi connectivity index (χ3v) is 3.09. The fourth-order valence-electron chi connectivity index (χ4n) is 1.33. The highest BCUT2D eigenvalue weighted by Crippen LogP contribution is 2.23. The first-order chi connectivity index (χ1) is 6.68. The van der Waals surface area contributed by atoms with Crippen molar-refractivity contribution in [3.63, 3.8) is 0 Å². The average molecular weight is 277 g/mol. The van der Waals surface area contributed by atoms with Crippen molar-refractivity contribution in [2.24, 2.45) is 0 Å². The van der Waals surface area contributed by atoms with E-state index in [9.17, 15) is 4.79 Å². The highest BCUT2D eigenvalue weighted by atomic mass is 79.9. The van der Waals surface area contributed by atoms with Crippen LogP contribution in [0.2, 0.25) is 5.15 Å². The zero-order valence-electron chi connectivity index (χ0n) is 7.15. The summed E-state index contributed by atoms with van der Waals surface area (Å²) in [4.78, 5) is 13.1. The zero-order valence-corrected chi connectivity index (χ0v) is 9.49. The van der Waals surface area contributed by atoms with E-state index in [0.29, 0.717) is 17.5 Å². The molecule has 1 aliphatic heterocycles. The number of amides is 1. The van der Waals surface area contributed by atoms with E-state index in [2.05, 4.69) is 26.1 Å². The van der Waals surface area contributed by atoms with E-state index in [4.69, 9.17) is 11.6 Å². The van der Waals surface area contributed by atoms with Crippen molar-refractivity contribution >= 4 is 39.3 Å². The lowest BCUT2D eigenvalue weighted by molar-refractivity contribution is -0.116. The third-order valence-electron chi connectivity index (χ3n) is 2.03. The fourth-order valence-corrected chi connectivity index (χ4v) is 1.88. The number of rotatable bonds is 1. The Morgan fingerprint density at radius 1 is 1.50 bits per heavy atom. The molecule has 1 aliphatic rings. The fraction of sp³-hybridized carbons (Fsp3) is 0.375. The molecular formula is C8H7BrClN3O. The molecule has 2 heterocycles. The molecule has 0 aromatic carbocycles. The van der Waals surface area contributed by atoms with Crippen LogP contribution >= 0.6 is 27.5 Å². The molecule has 14 heavy (non-hydrogen) atoms. The largest absolute Gasteiger partial charge is 0.294 e. The summed E-state index contributed by atoms with van der Waals surface area (Å²) in [5.74, 6) is 0.586. The molecule has 0 saturated carbocycles. The molecule has 4 nitrogen and oxygen atoms in total. The molecule has 0 spiro atoms. The molecule has 0 bridgehead atoms. The third kappa shape index (κ3) is 1.74. The predicted octanol–water partition coefficient (Wildman–Crippen LogP) is 1.63. The zero-order chi connectivity index (χ0) is 10.1. The predicted molar refractivity (Wildman–Crippen MR) is 56.7 cm³/mol. The first kappa shape index (κ1) is 9.86. The van der Waals surface area contributed by atoms with E-state index >= 15 is 0 Å². The quantitative estimate of drug-likeness (QED) is 0.733. The first-order valence-corrected chi connectivity index (χ1v) is 5.42. The number of hydrogen-bond donors (Lipinski definition) is 0. The summed E-state index contributed by atoms with van der Waals surface area (Å²) in [6, 6.07) is 3.32. The van der Waals surface area contributed by atoms with Gasteiger partial charge in [-0.05, 0) is 18.6 Å². The van der Waals surface area contributed by atoms with Crippen LogP contribution in [0.5, 0.6) is 0 Å². The maximum atomic E-state index is 11.6. The Hall–Kier alpha value is -0.680. The summed E-state index contributed by atoms with van der Waals surface area (Å²) in [5, 5.41) is 7.87. The number of alkyl halides is 1. The van der Waals surface area contributed by atoms with Gasteiger partial charge in [-0.15, -0.1) is 10.2 Å². The van der Waals surface area contributed by atoms with Crippen LogP contribution in [0.1, 0.15) is 6.42 Å². The Labute approximate surface area is 94.4 Å². The Kier molecular flexibility index (Phi) is 2.69. The van der Waals surface area contributed by atoms with Gasteiger partial charge in [0, 0.05) is 6.54 Å². The minimum Gasteiger partial charge on any atom is -0.294 e. The lowest BCUT2D eigenvalue weighted by Crippen LogP contribution is -2.28. The summed E-state index contributed by atoms with van der Waals surface area (Å²) in [6.07, 6.45) is 0.795. The SMILES string of the molecule is O=C1[C@@H](Br)CCN1c1ccc(Cl)nn1. The number of carbonyl (C=O) groups excluding carboxylic acids is 1. The minimum absolute atomic E-state index is 0.0293. The van der Waals surface area contributed by atoms with Crippen molar-refractivity contribution < 1.29 is 4.79 Å². The maximum Gasteiger partial charge on any atom is 0.242 e. The van der Waals surface area contributed by atoms with Gasteiger partial charge in [0.25, 0.3) is 0 Å².